The van der Waals surface area contributed by atoms with Crippen LogP contribution in [0.25, 0.3) is 11.0 Å². The van der Waals surface area contributed by atoms with E-state index < -0.39 is 0 Å². The minimum absolute atomic E-state index is 0.0217. The molecule has 2 aromatic heterocycles. The molecule has 1 saturated carbocycles. The normalized spacial score (nSPS) is 23.8. The summed E-state index contributed by atoms with van der Waals surface area (Å²) in [4.78, 5) is 26.6. The lowest BCUT2D eigenvalue weighted by molar-refractivity contribution is 0.0733. The average Bonchev–Trinajstić information content (AvgIpc) is 3.42. The molecule has 1 aromatic carbocycles. The van der Waals surface area contributed by atoms with Crippen LogP contribution in [0.15, 0.2) is 42.9 Å². The van der Waals surface area contributed by atoms with Crippen molar-refractivity contribution in [3.8, 4) is 0 Å². The summed E-state index contributed by atoms with van der Waals surface area (Å²) >= 11 is 0. The maximum atomic E-state index is 13.5. The number of imidazole rings is 1. The molecule has 3 aromatic rings. The van der Waals surface area contributed by atoms with Gasteiger partial charge in [-0.3, -0.25) is 4.79 Å². The van der Waals surface area contributed by atoms with Gasteiger partial charge in [-0.2, -0.15) is 0 Å². The summed E-state index contributed by atoms with van der Waals surface area (Å²) in [7, 11) is 0. The van der Waals surface area contributed by atoms with Crippen LogP contribution in [0, 0.1) is 0 Å². The molecular weight excluding hydrogens is 366 g/mol. The summed E-state index contributed by atoms with van der Waals surface area (Å²) in [5.74, 6) is 0.917. The van der Waals surface area contributed by atoms with Gasteiger partial charge in [0.2, 0.25) is 0 Å². The van der Waals surface area contributed by atoms with Crippen molar-refractivity contribution in [2.75, 3.05) is 18.0 Å². The van der Waals surface area contributed by atoms with Crippen molar-refractivity contribution in [3.63, 3.8) is 0 Å². The number of nitrogens with zero attached hydrogens (tertiary/aromatic N) is 5. The zero-order valence-electron chi connectivity index (χ0n) is 16.1. The Morgan fingerprint density at radius 3 is 2.86 bits per heavy atom. The summed E-state index contributed by atoms with van der Waals surface area (Å²) < 4.78 is 2.20. The Morgan fingerprint density at radius 2 is 2.00 bits per heavy atom. The molecule has 1 aliphatic carbocycles. The van der Waals surface area contributed by atoms with Crippen LogP contribution in [0.3, 0.4) is 0 Å². The van der Waals surface area contributed by atoms with E-state index in [0.717, 1.165) is 22.4 Å². The highest BCUT2D eigenvalue weighted by atomic mass is 16.3. The number of aromatic nitrogens is 3. The van der Waals surface area contributed by atoms with E-state index in [0.29, 0.717) is 37.7 Å². The molecule has 29 heavy (non-hydrogen) atoms. The van der Waals surface area contributed by atoms with Crippen molar-refractivity contribution in [2.24, 2.45) is 0 Å². The lowest BCUT2D eigenvalue weighted by Crippen LogP contribution is -2.40. The topological polar surface area (TPSA) is 74.5 Å². The average molecular weight is 389 g/mol. The number of hydrogen-bond donors (Lipinski definition) is 1. The third-order valence-electron chi connectivity index (χ3n) is 6.37. The summed E-state index contributed by atoms with van der Waals surface area (Å²) in [5.41, 5.74) is 3.69. The summed E-state index contributed by atoms with van der Waals surface area (Å²) in [6.07, 6.45) is 6.31. The number of carbonyl (C=O) groups excluding carboxylic acids is 1. The van der Waals surface area contributed by atoms with Crippen molar-refractivity contribution in [1.29, 1.82) is 0 Å². The molecule has 2 fully saturated rings. The molecule has 2 atom stereocenters. The maximum absolute atomic E-state index is 13.5. The molecule has 1 N–H and O–H groups in total. The molecule has 0 radical (unpaired) electrons. The van der Waals surface area contributed by atoms with Crippen molar-refractivity contribution in [1.82, 2.24) is 19.4 Å². The number of rotatable bonds is 2. The molecule has 7 heteroatoms. The van der Waals surface area contributed by atoms with Gasteiger partial charge in [-0.15, -0.1) is 0 Å². The molecule has 7 nitrogen and oxygen atoms in total. The highest BCUT2D eigenvalue weighted by Crippen LogP contribution is 2.37. The van der Waals surface area contributed by atoms with Crippen LogP contribution in [-0.4, -0.2) is 55.7 Å². The smallest absolute Gasteiger partial charge is 0.254 e. The van der Waals surface area contributed by atoms with Crippen molar-refractivity contribution < 1.29 is 9.90 Å². The Labute approximate surface area is 168 Å². The predicted octanol–water partition coefficient (Wildman–Crippen LogP) is 2.36. The molecule has 1 saturated heterocycles. The zero-order chi connectivity index (χ0) is 19.5. The molecule has 0 bridgehead atoms. The molecular formula is C22H23N5O2. The fourth-order valence-corrected chi connectivity index (χ4v) is 4.80. The van der Waals surface area contributed by atoms with Gasteiger partial charge in [0.1, 0.15) is 5.82 Å². The molecule has 2 aliphatic heterocycles. The fourth-order valence-electron chi connectivity index (χ4n) is 4.80. The Hall–Kier alpha value is -2.93. The quantitative estimate of drug-likeness (QED) is 0.728. The van der Waals surface area contributed by atoms with Crippen LogP contribution >= 0.6 is 0 Å². The predicted molar refractivity (Wildman–Crippen MR) is 109 cm³/mol. The number of aliphatic hydroxyl groups is 1. The van der Waals surface area contributed by atoms with Crippen LogP contribution in [0.4, 0.5) is 5.82 Å². The lowest BCUT2D eigenvalue weighted by Gasteiger charge is -2.26. The first-order valence-corrected chi connectivity index (χ1v) is 10.3. The monoisotopic (exact) mass is 389 g/mol. The van der Waals surface area contributed by atoms with E-state index in [9.17, 15) is 9.90 Å². The highest BCUT2D eigenvalue weighted by molar-refractivity contribution is 5.97. The number of pyridine rings is 1. The molecule has 148 valence electrons. The summed E-state index contributed by atoms with van der Waals surface area (Å²) in [5, 5.41) is 10.2. The molecule has 3 aliphatic rings. The van der Waals surface area contributed by atoms with Crippen LogP contribution in [0.2, 0.25) is 0 Å². The number of aliphatic hydroxyl groups excluding tert-OH is 1. The van der Waals surface area contributed by atoms with E-state index in [2.05, 4.69) is 19.4 Å². The standard InChI is InChI=1S/C22H23N5O2/c28-18-9-17-11-25(10-15-2-1-7-23-21(15)26(17)12-18)22(29)14-3-6-19-20(8-14)27(13-24-19)16-4-5-16/h1-3,6-8,13,16-18,28H,4-5,9-12H2/t17-,18-/m1/s1. The van der Waals surface area contributed by atoms with Gasteiger partial charge >= 0.3 is 0 Å². The van der Waals surface area contributed by atoms with E-state index in [-0.39, 0.29) is 18.1 Å². The van der Waals surface area contributed by atoms with Gasteiger partial charge in [-0.1, -0.05) is 6.07 Å². The van der Waals surface area contributed by atoms with Crippen LogP contribution < -0.4 is 4.90 Å². The van der Waals surface area contributed by atoms with Gasteiger partial charge in [0.15, 0.2) is 0 Å². The van der Waals surface area contributed by atoms with Gasteiger partial charge in [-0.25, -0.2) is 9.97 Å². The maximum Gasteiger partial charge on any atom is 0.254 e. The van der Waals surface area contributed by atoms with Gasteiger partial charge in [0, 0.05) is 43.0 Å². The number of hydrogen-bond acceptors (Lipinski definition) is 5. The summed E-state index contributed by atoms with van der Waals surface area (Å²) in [6, 6.07) is 10.4. The van der Waals surface area contributed by atoms with Crippen LogP contribution in [-0.2, 0) is 6.54 Å². The van der Waals surface area contributed by atoms with Crippen LogP contribution in [0.1, 0.15) is 41.2 Å². The van der Waals surface area contributed by atoms with Gasteiger partial charge < -0.3 is 19.5 Å². The first-order valence-electron chi connectivity index (χ1n) is 10.3. The van der Waals surface area contributed by atoms with Crippen LogP contribution in [0.5, 0.6) is 0 Å². The molecule has 0 unspecified atom stereocenters. The van der Waals surface area contributed by atoms with Crippen molar-refractivity contribution in [2.45, 2.75) is 44.0 Å². The SMILES string of the molecule is O=C(c1ccc2ncn(C3CC3)c2c1)N1Cc2cccnc2N2C[C@H](O)C[C@@H]2C1. The molecule has 1 amide bonds. The molecule has 6 rings (SSSR count). The molecule has 0 spiro atoms. The number of carbonyl (C=O) groups is 1. The van der Waals surface area contributed by atoms with Gasteiger partial charge in [0.05, 0.1) is 29.5 Å². The second kappa shape index (κ2) is 6.29. The number of amides is 1. The van der Waals surface area contributed by atoms with Gasteiger partial charge in [-0.05, 0) is 43.5 Å². The lowest BCUT2D eigenvalue weighted by atomic mass is 10.1. The Bertz CT molecular complexity index is 1110. The zero-order valence-corrected chi connectivity index (χ0v) is 16.1. The Balaban J connectivity index is 1.36. The second-order valence-corrected chi connectivity index (χ2v) is 8.45. The minimum atomic E-state index is -0.380. The van der Waals surface area contributed by atoms with Gasteiger partial charge in [0.25, 0.3) is 5.91 Å². The number of anilines is 1. The van der Waals surface area contributed by atoms with E-state index in [1.54, 1.807) is 6.20 Å². The third kappa shape index (κ3) is 2.80. The highest BCUT2D eigenvalue weighted by Gasteiger charge is 2.38. The Morgan fingerprint density at radius 1 is 1.10 bits per heavy atom. The fraction of sp³-hybridized carbons (Fsp3) is 0.409. The number of benzene rings is 1. The minimum Gasteiger partial charge on any atom is -0.391 e. The van der Waals surface area contributed by atoms with E-state index in [4.69, 9.17) is 0 Å². The summed E-state index contributed by atoms with van der Waals surface area (Å²) in [6.45, 7) is 1.69. The van der Waals surface area contributed by atoms with Crippen molar-refractivity contribution in [3.05, 3.63) is 54.0 Å². The second-order valence-electron chi connectivity index (χ2n) is 8.45. The molecule has 4 heterocycles. The largest absolute Gasteiger partial charge is 0.391 e. The van der Waals surface area contributed by atoms with Crippen molar-refractivity contribution >= 4 is 22.8 Å². The first kappa shape index (κ1) is 17.0. The van der Waals surface area contributed by atoms with E-state index in [1.807, 2.05) is 41.6 Å². The van der Waals surface area contributed by atoms with E-state index >= 15 is 0 Å². The van der Waals surface area contributed by atoms with E-state index in [1.165, 1.54) is 12.8 Å². The first-order chi connectivity index (χ1) is 14.2. The Kier molecular flexibility index (Phi) is 3.68. The number of fused-ring (bicyclic) bond motifs is 4. The third-order valence-corrected chi connectivity index (χ3v) is 6.37.